The van der Waals surface area contributed by atoms with Crippen molar-refractivity contribution < 1.29 is 26.3 Å². The maximum absolute atomic E-state index is 12.6. The second kappa shape index (κ2) is 13.6. The number of nitrogens with one attached hydrogen (secondary N) is 3. The zero-order chi connectivity index (χ0) is 27.8. The predicted octanol–water partition coefficient (Wildman–Crippen LogP) is 8.55. The van der Waals surface area contributed by atoms with Crippen molar-refractivity contribution in [3.05, 3.63) is 89.5 Å². The molecule has 3 aliphatic heterocycles. The molecule has 3 nitrogen and oxygen atoms in total. The quantitative estimate of drug-likeness (QED) is 0.287. The first-order valence-electron chi connectivity index (χ1n) is 13.2. The van der Waals surface area contributed by atoms with E-state index < -0.39 is 37.0 Å². The Hall–Kier alpha value is -3.36. The van der Waals surface area contributed by atoms with Crippen molar-refractivity contribution in [1.82, 2.24) is 0 Å². The average molecular weight is 550 g/mol. The third-order valence-corrected chi connectivity index (χ3v) is 7.31. The average Bonchev–Trinajstić information content (AvgIpc) is 2.96. The van der Waals surface area contributed by atoms with E-state index in [9.17, 15) is 26.3 Å². The zero-order valence-electron chi connectivity index (χ0n) is 21.4. The van der Waals surface area contributed by atoms with E-state index in [2.05, 4.69) is 16.0 Å². The van der Waals surface area contributed by atoms with Gasteiger partial charge in [0.05, 0.1) is 0 Å². The van der Waals surface area contributed by atoms with Gasteiger partial charge >= 0.3 is 0 Å². The van der Waals surface area contributed by atoms with Crippen molar-refractivity contribution in [2.75, 3.05) is 35.6 Å². The maximum atomic E-state index is 12.6. The summed E-state index contributed by atoms with van der Waals surface area (Å²) >= 11 is 0. The molecule has 0 bridgehead atoms. The van der Waals surface area contributed by atoms with Crippen LogP contribution in [0.3, 0.4) is 0 Å². The van der Waals surface area contributed by atoms with E-state index in [1.807, 2.05) is 36.4 Å². The summed E-state index contributed by atoms with van der Waals surface area (Å²) in [6.45, 7) is 1.93. The van der Waals surface area contributed by atoms with E-state index in [-0.39, 0.29) is 0 Å². The van der Waals surface area contributed by atoms with Crippen molar-refractivity contribution in [3.8, 4) is 0 Å². The summed E-state index contributed by atoms with van der Waals surface area (Å²) in [6.07, 6.45) is -5.17. The molecule has 9 heteroatoms. The summed E-state index contributed by atoms with van der Waals surface area (Å²) in [4.78, 5) is 0. The fourth-order valence-electron chi connectivity index (χ4n) is 5.28. The Morgan fingerprint density at radius 2 is 0.692 bits per heavy atom. The molecule has 3 atom stereocenters. The summed E-state index contributed by atoms with van der Waals surface area (Å²) < 4.78 is 75.4. The van der Waals surface area contributed by atoms with Gasteiger partial charge in [-0.2, -0.15) is 0 Å². The minimum atomic E-state index is -2.25. The molecular weight excluding hydrogens is 516 g/mol. The van der Waals surface area contributed by atoms with Crippen LogP contribution in [0.25, 0.3) is 0 Å². The molecule has 0 spiro atoms. The monoisotopic (exact) mass is 549 g/mol. The zero-order valence-corrected chi connectivity index (χ0v) is 21.4. The maximum Gasteiger partial charge on any atom is 0.245 e. The predicted molar refractivity (Wildman–Crippen MR) is 145 cm³/mol. The van der Waals surface area contributed by atoms with E-state index in [1.165, 1.54) is 0 Å². The molecule has 1 unspecified atom stereocenters. The standard InChI is InChI=1S/3C10H11F2N/c3*11-10(12)8-5-6-13-9-4-2-1-3-7(8)9/h3*1-4,8,10,13H,5-6H2/t2*8-;/m10./s1. The minimum Gasteiger partial charge on any atom is -0.385 e. The van der Waals surface area contributed by atoms with E-state index in [0.29, 0.717) is 38.9 Å². The number of halogens is 6. The number of anilines is 3. The Kier molecular flexibility index (Phi) is 10.0. The number of para-hydroxylation sites is 3. The van der Waals surface area contributed by atoms with Gasteiger partial charge in [-0.25, -0.2) is 26.3 Å². The summed E-state index contributed by atoms with van der Waals surface area (Å²) in [5.41, 5.74) is 4.84. The van der Waals surface area contributed by atoms with Gasteiger partial charge in [0.15, 0.2) is 0 Å². The highest BCUT2D eigenvalue weighted by atomic mass is 19.3. The van der Waals surface area contributed by atoms with Gasteiger partial charge in [0, 0.05) is 54.5 Å². The first-order valence-corrected chi connectivity index (χ1v) is 13.2. The van der Waals surface area contributed by atoms with Gasteiger partial charge in [-0.05, 0) is 54.2 Å². The van der Waals surface area contributed by atoms with E-state index in [4.69, 9.17) is 0 Å². The van der Waals surface area contributed by atoms with E-state index in [1.54, 1.807) is 36.4 Å². The van der Waals surface area contributed by atoms with E-state index in [0.717, 1.165) is 33.8 Å². The largest absolute Gasteiger partial charge is 0.385 e. The second-order valence-electron chi connectivity index (χ2n) is 9.73. The van der Waals surface area contributed by atoms with Crippen LogP contribution in [0.4, 0.5) is 43.4 Å². The third-order valence-electron chi connectivity index (χ3n) is 7.31. The lowest BCUT2D eigenvalue weighted by Gasteiger charge is -2.25. The van der Waals surface area contributed by atoms with Crippen molar-refractivity contribution in [1.29, 1.82) is 0 Å². The number of hydrogen-bond acceptors (Lipinski definition) is 3. The lowest BCUT2D eigenvalue weighted by molar-refractivity contribution is 0.110. The van der Waals surface area contributed by atoms with Crippen LogP contribution in [0.1, 0.15) is 53.7 Å². The van der Waals surface area contributed by atoms with Crippen LogP contribution >= 0.6 is 0 Å². The normalized spacial score (nSPS) is 21.0. The molecule has 6 rings (SSSR count). The smallest absolute Gasteiger partial charge is 0.245 e. The van der Waals surface area contributed by atoms with Gasteiger partial charge in [-0.15, -0.1) is 0 Å². The molecule has 3 heterocycles. The molecule has 0 fully saturated rings. The van der Waals surface area contributed by atoms with Gasteiger partial charge in [-0.3, -0.25) is 0 Å². The fourth-order valence-corrected chi connectivity index (χ4v) is 5.28. The summed E-state index contributed by atoms with van der Waals surface area (Å²) in [6, 6.07) is 21.9. The number of rotatable bonds is 3. The van der Waals surface area contributed by atoms with Gasteiger partial charge in [0.2, 0.25) is 19.3 Å². The van der Waals surface area contributed by atoms with Crippen molar-refractivity contribution in [3.63, 3.8) is 0 Å². The molecule has 0 aliphatic carbocycles. The molecule has 0 amide bonds. The molecular formula is C30H33F6N3. The molecule has 210 valence electrons. The van der Waals surface area contributed by atoms with Crippen LogP contribution in [0.5, 0.6) is 0 Å². The van der Waals surface area contributed by atoms with Gasteiger partial charge in [-0.1, -0.05) is 54.6 Å². The van der Waals surface area contributed by atoms with Crippen LogP contribution in [0.15, 0.2) is 72.8 Å². The number of alkyl halides is 6. The summed E-state index contributed by atoms with van der Waals surface area (Å²) in [5.74, 6) is -1.76. The molecule has 0 radical (unpaired) electrons. The van der Waals surface area contributed by atoms with Crippen molar-refractivity contribution in [2.45, 2.75) is 56.3 Å². The van der Waals surface area contributed by atoms with Crippen LogP contribution < -0.4 is 16.0 Å². The summed E-state index contributed by atoms with van der Waals surface area (Å²) in [7, 11) is 0. The Morgan fingerprint density at radius 3 is 0.949 bits per heavy atom. The SMILES string of the molecule is FC(F)C1CCNc2ccccc21.FC(F)[C@@H]1CCNc2ccccc21.FC(F)[C@H]1CCNc2ccccc21. The molecule has 0 saturated carbocycles. The van der Waals surface area contributed by atoms with Gasteiger partial charge in [0.1, 0.15) is 0 Å². The molecule has 3 aromatic carbocycles. The highest BCUT2D eigenvalue weighted by molar-refractivity contribution is 5.56. The molecule has 0 aromatic heterocycles. The molecule has 3 aromatic rings. The van der Waals surface area contributed by atoms with Crippen molar-refractivity contribution in [2.24, 2.45) is 0 Å². The topological polar surface area (TPSA) is 36.1 Å². The highest BCUT2D eigenvalue weighted by Gasteiger charge is 2.29. The van der Waals surface area contributed by atoms with Crippen LogP contribution in [0, 0.1) is 0 Å². The minimum absolute atomic E-state index is 0.523. The third kappa shape index (κ3) is 7.19. The van der Waals surface area contributed by atoms with E-state index >= 15 is 0 Å². The van der Waals surface area contributed by atoms with Crippen molar-refractivity contribution >= 4 is 17.1 Å². The Bertz CT molecular complexity index is 1040. The molecule has 39 heavy (non-hydrogen) atoms. The molecule has 3 aliphatic rings. The molecule has 3 N–H and O–H groups in total. The Balaban J connectivity index is 0.000000136. The van der Waals surface area contributed by atoms with Crippen LogP contribution in [0.2, 0.25) is 0 Å². The Morgan fingerprint density at radius 1 is 0.436 bits per heavy atom. The highest BCUT2D eigenvalue weighted by Crippen LogP contribution is 2.37. The summed E-state index contributed by atoms with van der Waals surface area (Å²) in [5, 5.41) is 9.34. The number of hydrogen-bond donors (Lipinski definition) is 3. The van der Waals surface area contributed by atoms with Gasteiger partial charge in [0.25, 0.3) is 0 Å². The van der Waals surface area contributed by atoms with Crippen LogP contribution in [-0.2, 0) is 0 Å². The lowest BCUT2D eigenvalue weighted by Crippen LogP contribution is -2.21. The molecule has 0 saturated heterocycles. The number of benzene rings is 3. The lowest BCUT2D eigenvalue weighted by atomic mass is 9.91. The fraction of sp³-hybridized carbons (Fsp3) is 0.400. The number of fused-ring (bicyclic) bond motifs is 3. The first-order chi connectivity index (χ1) is 18.9. The first kappa shape index (κ1) is 28.6. The van der Waals surface area contributed by atoms with Gasteiger partial charge < -0.3 is 16.0 Å². The van der Waals surface area contributed by atoms with Crippen LogP contribution in [-0.4, -0.2) is 38.9 Å². The Labute approximate surface area is 225 Å². The second-order valence-corrected chi connectivity index (χ2v) is 9.73.